The molecule has 12 nitrogen and oxygen atoms in total. The van der Waals surface area contributed by atoms with Crippen molar-refractivity contribution in [2.24, 2.45) is 5.16 Å². The molecule has 0 saturated carbocycles. The average Bonchev–Trinajstić information content (AvgIpc) is 3.63. The minimum absolute atomic E-state index is 0.0516. The molecule has 3 heterocycles. The van der Waals surface area contributed by atoms with Gasteiger partial charge in [-0.25, -0.2) is 14.6 Å². The van der Waals surface area contributed by atoms with E-state index in [1.54, 1.807) is 26.2 Å². The van der Waals surface area contributed by atoms with Crippen LogP contribution in [0.15, 0.2) is 113 Å². The third-order valence-corrected chi connectivity index (χ3v) is 11.3. The Hall–Kier alpha value is -5.18. The molecule has 1 unspecified atom stereocenters. The van der Waals surface area contributed by atoms with Crippen LogP contribution < -0.4 is 10.6 Å². The van der Waals surface area contributed by atoms with Crippen LogP contribution in [0.4, 0.5) is 5.13 Å². The normalized spacial score (nSPS) is 17.5. The Morgan fingerprint density at radius 2 is 1.47 bits per heavy atom. The topological polar surface area (TPSA) is 160 Å². The van der Waals surface area contributed by atoms with Crippen molar-refractivity contribution in [1.82, 2.24) is 15.2 Å². The van der Waals surface area contributed by atoms with Crippen molar-refractivity contribution in [1.29, 1.82) is 0 Å². The molecule has 6 rings (SSSR count). The number of carbonyl (C=O) groups excluding carboxylic acids is 3. The molecule has 4 aromatic rings. The molecule has 0 radical (unpaired) electrons. The molecule has 1 saturated heterocycles. The maximum absolute atomic E-state index is 14.2. The zero-order valence-electron chi connectivity index (χ0n) is 30.7. The lowest BCUT2D eigenvalue weighted by Gasteiger charge is -2.49. The average molecular weight is 802 g/mol. The number of amides is 2. The van der Waals surface area contributed by atoms with Crippen LogP contribution in [0.1, 0.15) is 57.0 Å². The number of carbonyl (C=O) groups is 4. The van der Waals surface area contributed by atoms with E-state index in [1.165, 1.54) is 36.9 Å². The summed E-state index contributed by atoms with van der Waals surface area (Å²) in [4.78, 5) is 64.4. The molecular formula is C40H40ClN5O7S2. The molecule has 1 fully saturated rings. The van der Waals surface area contributed by atoms with Crippen molar-refractivity contribution in [2.45, 2.75) is 62.8 Å². The molecule has 3 N–H and O–H groups in total. The number of rotatable bonds is 13. The Morgan fingerprint density at radius 3 is 1.96 bits per heavy atom. The largest absolute Gasteiger partial charge is 0.477 e. The summed E-state index contributed by atoms with van der Waals surface area (Å²) in [5.41, 5.74) is -0.550. The number of thiazole rings is 1. The van der Waals surface area contributed by atoms with Gasteiger partial charge in [0.2, 0.25) is 5.60 Å². The first-order valence-corrected chi connectivity index (χ1v) is 19.8. The fourth-order valence-corrected chi connectivity index (χ4v) is 8.61. The minimum Gasteiger partial charge on any atom is -0.477 e. The van der Waals surface area contributed by atoms with Crippen molar-refractivity contribution in [2.75, 3.05) is 16.9 Å². The fraction of sp³-hybridized carbons (Fsp3) is 0.300. The lowest BCUT2D eigenvalue weighted by molar-refractivity contribution is -0.179. The lowest BCUT2D eigenvalue weighted by atomic mass is 9.77. The standard InChI is InChI=1S/C40H40ClN5O7S2/c1-38(2,3)52-36(51)39(4,5)53-45-29(32(47)43-30-33(48)46-31(35(49)50)24(21-41)22-54-34(30)46)28-23-55-37(42-28)44-40(25-15-9-6-10-16-25,26-17-11-7-12-18-26)27-19-13-8-14-20-27/h6-20,23,30,34H,21-22H2,1-5H3,(H,42,44)(H,43,47)(H,49,50)/b45-29-/t30?,34-/m1/s1. The van der Waals surface area contributed by atoms with E-state index in [1.807, 2.05) is 91.0 Å². The first kappa shape index (κ1) is 39.5. The monoisotopic (exact) mass is 801 g/mol. The number of nitrogens with one attached hydrogen (secondary N) is 2. The van der Waals surface area contributed by atoms with E-state index in [9.17, 15) is 24.3 Å². The number of nitrogens with zero attached hydrogens (tertiary/aromatic N) is 3. The number of ether oxygens (including phenoxy) is 1. The van der Waals surface area contributed by atoms with E-state index in [0.717, 1.165) is 21.6 Å². The number of aromatic nitrogens is 1. The predicted molar refractivity (Wildman–Crippen MR) is 213 cm³/mol. The predicted octanol–water partition coefficient (Wildman–Crippen LogP) is 6.37. The van der Waals surface area contributed by atoms with Gasteiger partial charge < -0.3 is 25.3 Å². The van der Waals surface area contributed by atoms with Gasteiger partial charge in [0.25, 0.3) is 11.8 Å². The maximum Gasteiger partial charge on any atom is 0.353 e. The zero-order chi connectivity index (χ0) is 39.5. The summed E-state index contributed by atoms with van der Waals surface area (Å²) in [6.07, 6.45) is 0. The molecule has 0 spiro atoms. The van der Waals surface area contributed by atoms with Crippen molar-refractivity contribution in [3.05, 3.63) is 130 Å². The molecule has 3 aromatic carbocycles. The van der Waals surface area contributed by atoms with Crippen molar-refractivity contribution < 1.29 is 33.9 Å². The summed E-state index contributed by atoms with van der Waals surface area (Å²) in [6.45, 7) is 8.08. The second-order valence-electron chi connectivity index (χ2n) is 14.3. The summed E-state index contributed by atoms with van der Waals surface area (Å²) < 4.78 is 5.53. The summed E-state index contributed by atoms with van der Waals surface area (Å²) in [6, 6.07) is 28.7. The number of hydrogen-bond acceptors (Lipinski definition) is 11. The van der Waals surface area contributed by atoms with Gasteiger partial charge in [0.05, 0.1) is 0 Å². The Morgan fingerprint density at radius 1 is 0.927 bits per heavy atom. The highest BCUT2D eigenvalue weighted by Crippen LogP contribution is 2.42. The van der Waals surface area contributed by atoms with Crippen molar-refractivity contribution in [3.63, 3.8) is 0 Å². The number of hydrogen-bond donors (Lipinski definition) is 3. The Bertz CT molecular complexity index is 2040. The summed E-state index contributed by atoms with van der Waals surface area (Å²) in [7, 11) is 0. The van der Waals surface area contributed by atoms with Crippen LogP contribution in [0.5, 0.6) is 0 Å². The maximum atomic E-state index is 14.2. The number of β-lactam (4-membered cyclic amide) rings is 1. The van der Waals surface area contributed by atoms with E-state index < -0.39 is 51.9 Å². The van der Waals surface area contributed by atoms with Crippen LogP contribution in [-0.2, 0) is 34.3 Å². The van der Waals surface area contributed by atoms with Gasteiger partial charge in [-0.15, -0.1) is 34.7 Å². The number of halogens is 1. The van der Waals surface area contributed by atoms with Crippen LogP contribution in [0.2, 0.25) is 0 Å². The number of esters is 1. The van der Waals surface area contributed by atoms with Crippen LogP contribution in [0.25, 0.3) is 0 Å². The molecule has 2 aliphatic rings. The summed E-state index contributed by atoms with van der Waals surface area (Å²) in [5, 5.41) is 21.8. The minimum atomic E-state index is -1.62. The highest BCUT2D eigenvalue weighted by molar-refractivity contribution is 8.00. The number of alkyl halides is 1. The molecule has 286 valence electrons. The van der Waals surface area contributed by atoms with E-state index in [2.05, 4.69) is 15.8 Å². The van der Waals surface area contributed by atoms with E-state index in [-0.39, 0.29) is 28.7 Å². The number of carboxylic acid groups (broad SMARTS) is 1. The second-order valence-corrected chi connectivity index (χ2v) is 16.5. The number of carboxylic acids is 1. The lowest BCUT2D eigenvalue weighted by Crippen LogP contribution is -2.71. The third-order valence-electron chi connectivity index (χ3n) is 8.83. The molecule has 55 heavy (non-hydrogen) atoms. The van der Waals surface area contributed by atoms with Gasteiger partial charge in [0, 0.05) is 17.0 Å². The molecule has 0 aliphatic carbocycles. The van der Waals surface area contributed by atoms with Gasteiger partial charge in [0.15, 0.2) is 10.8 Å². The highest BCUT2D eigenvalue weighted by Gasteiger charge is 2.54. The smallest absolute Gasteiger partial charge is 0.353 e. The molecule has 0 bridgehead atoms. The molecule has 2 amide bonds. The second kappa shape index (κ2) is 15.9. The van der Waals surface area contributed by atoms with Gasteiger partial charge in [-0.3, -0.25) is 14.5 Å². The Balaban J connectivity index is 1.37. The van der Waals surface area contributed by atoms with Gasteiger partial charge in [-0.05, 0) is 56.9 Å². The summed E-state index contributed by atoms with van der Waals surface area (Å²) >= 11 is 8.51. The molecule has 15 heteroatoms. The SMILES string of the molecule is CC(C)(C)OC(=O)C(C)(C)O/N=C(\C(=O)NC1C(=O)N2C(C(=O)O)=C(CCl)CS[C@H]12)c1csc(NC(c2ccccc2)(c2ccccc2)c2ccccc2)n1. The number of oxime groups is 1. The Labute approximate surface area is 331 Å². The van der Waals surface area contributed by atoms with Crippen molar-refractivity contribution >= 4 is 69.3 Å². The molecule has 2 atom stereocenters. The van der Waals surface area contributed by atoms with Gasteiger partial charge in [0.1, 0.15) is 33.9 Å². The number of benzene rings is 3. The molecule has 1 aromatic heterocycles. The van der Waals surface area contributed by atoms with Crippen molar-refractivity contribution in [3.8, 4) is 0 Å². The van der Waals surface area contributed by atoms with Crippen LogP contribution in [-0.4, -0.2) is 78.7 Å². The Kier molecular flexibility index (Phi) is 11.4. The van der Waals surface area contributed by atoms with E-state index in [4.69, 9.17) is 26.2 Å². The molecular weight excluding hydrogens is 762 g/mol. The first-order valence-electron chi connectivity index (χ1n) is 17.3. The third kappa shape index (κ3) is 8.12. The quantitative estimate of drug-likeness (QED) is 0.0347. The van der Waals surface area contributed by atoms with Crippen LogP contribution >= 0.6 is 34.7 Å². The number of fused-ring (bicyclic) bond motifs is 1. The van der Waals surface area contributed by atoms with Gasteiger partial charge in [-0.1, -0.05) is 96.2 Å². The number of aliphatic carboxylic acids is 1. The first-order chi connectivity index (χ1) is 26.2. The number of anilines is 1. The van der Waals surface area contributed by atoms with E-state index >= 15 is 0 Å². The zero-order valence-corrected chi connectivity index (χ0v) is 33.1. The van der Waals surface area contributed by atoms with Crippen LogP contribution in [0, 0.1) is 0 Å². The fourth-order valence-electron chi connectivity index (χ4n) is 6.18. The number of thioether (sulfide) groups is 1. The van der Waals surface area contributed by atoms with Crippen LogP contribution in [0.3, 0.4) is 0 Å². The van der Waals surface area contributed by atoms with Gasteiger partial charge in [-0.2, -0.15) is 0 Å². The highest BCUT2D eigenvalue weighted by atomic mass is 35.5. The molecule has 2 aliphatic heterocycles. The van der Waals surface area contributed by atoms with E-state index in [0.29, 0.717) is 10.7 Å². The van der Waals surface area contributed by atoms with Gasteiger partial charge >= 0.3 is 11.9 Å². The summed E-state index contributed by atoms with van der Waals surface area (Å²) in [5.74, 6) is -3.20.